The van der Waals surface area contributed by atoms with Crippen molar-refractivity contribution in [3.63, 3.8) is 0 Å². The fourth-order valence-electron chi connectivity index (χ4n) is 0.954. The zero-order valence-corrected chi connectivity index (χ0v) is 7.76. The zero-order valence-electron chi connectivity index (χ0n) is 7.00. The minimum Gasteiger partial charge on any atom is -0.496 e. The van der Waals surface area contributed by atoms with Crippen LogP contribution in [0, 0.1) is 0 Å². The van der Waals surface area contributed by atoms with Gasteiger partial charge in [-0.05, 0) is 18.2 Å². The highest BCUT2D eigenvalue weighted by atomic mass is 35.5. The van der Waals surface area contributed by atoms with Gasteiger partial charge in [-0.2, -0.15) is 0 Å². The molecule has 0 atom stereocenters. The molecule has 0 unspecified atom stereocenters. The number of nitrogens with two attached hydrogens (primary N) is 1. The van der Waals surface area contributed by atoms with E-state index >= 15 is 0 Å². The lowest BCUT2D eigenvalue weighted by molar-refractivity contribution is 0.0979. The van der Waals surface area contributed by atoms with Crippen LogP contribution in [0.4, 0.5) is 5.69 Å². The number of hydrogen-bond donors (Lipinski definition) is 2. The van der Waals surface area contributed by atoms with Crippen molar-refractivity contribution in [1.82, 2.24) is 4.84 Å². The highest BCUT2D eigenvalue weighted by Crippen LogP contribution is 2.20. The minimum absolute atomic E-state index is 0.317. The molecule has 0 aliphatic heterocycles. The zero-order chi connectivity index (χ0) is 9.84. The van der Waals surface area contributed by atoms with Gasteiger partial charge in [0.1, 0.15) is 5.75 Å². The highest BCUT2D eigenvalue weighted by molar-refractivity contribution is 6.24. The van der Waals surface area contributed by atoms with E-state index in [2.05, 4.69) is 0 Å². The third-order valence-electron chi connectivity index (χ3n) is 1.55. The van der Waals surface area contributed by atoms with Gasteiger partial charge in [0.2, 0.25) is 0 Å². The van der Waals surface area contributed by atoms with E-state index in [1.54, 1.807) is 12.1 Å². The molecule has 5 heteroatoms. The van der Waals surface area contributed by atoms with Crippen LogP contribution in [0.25, 0.3) is 0 Å². The Morgan fingerprint density at radius 2 is 2.31 bits per heavy atom. The fraction of sp³-hybridized carbons (Fsp3) is 0.125. The smallest absolute Gasteiger partial charge is 0.269 e. The van der Waals surface area contributed by atoms with Crippen molar-refractivity contribution in [2.75, 3.05) is 12.8 Å². The Balaban J connectivity index is 3.15. The Labute approximate surface area is 80.7 Å². The van der Waals surface area contributed by atoms with Crippen LogP contribution < -0.4 is 15.3 Å². The largest absolute Gasteiger partial charge is 0.496 e. The maximum atomic E-state index is 11.2. The molecule has 0 bridgehead atoms. The molecular formula is C8H9ClN2O2. The van der Waals surface area contributed by atoms with E-state index in [9.17, 15) is 4.79 Å². The van der Waals surface area contributed by atoms with Gasteiger partial charge in [-0.1, -0.05) is 0 Å². The second-order valence-corrected chi connectivity index (χ2v) is 2.57. The molecule has 0 radical (unpaired) electrons. The molecular weight excluding hydrogens is 192 g/mol. The number of halogens is 1. The molecule has 0 spiro atoms. The second-order valence-electron chi connectivity index (χ2n) is 2.38. The average Bonchev–Trinajstić information content (AvgIpc) is 2.16. The molecule has 0 aliphatic rings. The molecule has 0 fully saturated rings. The van der Waals surface area contributed by atoms with E-state index < -0.39 is 5.91 Å². The standard InChI is InChI=1S/C8H9ClN2O2/c1-13-7-3-2-5(10)4-6(7)8(12)11-9/h2-4H,10H2,1H3,(H,11,12). The van der Waals surface area contributed by atoms with Crippen LogP contribution in [0.5, 0.6) is 5.75 Å². The van der Waals surface area contributed by atoms with Crippen LogP contribution in [-0.4, -0.2) is 13.0 Å². The van der Waals surface area contributed by atoms with Crippen molar-refractivity contribution < 1.29 is 9.53 Å². The number of benzene rings is 1. The summed E-state index contributed by atoms with van der Waals surface area (Å²) in [6.07, 6.45) is 0. The highest BCUT2D eigenvalue weighted by Gasteiger charge is 2.10. The normalized spacial score (nSPS) is 9.38. The number of nitrogen functional groups attached to an aromatic ring is 1. The van der Waals surface area contributed by atoms with Crippen LogP contribution in [0.3, 0.4) is 0 Å². The summed E-state index contributed by atoms with van der Waals surface area (Å²) in [7, 11) is 1.47. The summed E-state index contributed by atoms with van der Waals surface area (Å²) < 4.78 is 4.95. The van der Waals surface area contributed by atoms with Gasteiger partial charge in [-0.3, -0.25) is 9.63 Å². The number of amides is 1. The molecule has 1 aromatic rings. The number of anilines is 1. The quantitative estimate of drug-likeness (QED) is 0.556. The number of carbonyl (C=O) groups is 1. The molecule has 0 aliphatic carbocycles. The molecule has 1 amide bonds. The molecule has 1 rings (SSSR count). The predicted octanol–water partition coefficient (Wildman–Crippen LogP) is 1.16. The van der Waals surface area contributed by atoms with Gasteiger partial charge in [-0.25, -0.2) is 0 Å². The summed E-state index contributed by atoms with van der Waals surface area (Å²) >= 11 is 5.17. The Hall–Kier alpha value is -1.42. The summed E-state index contributed by atoms with van der Waals surface area (Å²) in [5.74, 6) is -0.00170. The van der Waals surface area contributed by atoms with E-state index in [-0.39, 0.29) is 0 Å². The summed E-state index contributed by atoms with van der Waals surface area (Å²) in [5.41, 5.74) is 6.30. The third-order valence-corrected chi connectivity index (χ3v) is 1.73. The van der Waals surface area contributed by atoms with Crippen molar-refractivity contribution in [2.45, 2.75) is 0 Å². The summed E-state index contributed by atoms with van der Waals surface area (Å²) in [4.78, 5) is 13.1. The first kappa shape index (κ1) is 9.67. The molecule has 4 nitrogen and oxygen atoms in total. The second kappa shape index (κ2) is 4.00. The topological polar surface area (TPSA) is 64.3 Å². The van der Waals surface area contributed by atoms with Crippen LogP contribution in [-0.2, 0) is 0 Å². The molecule has 70 valence electrons. The predicted molar refractivity (Wildman–Crippen MR) is 50.7 cm³/mol. The van der Waals surface area contributed by atoms with Crippen molar-refractivity contribution in [1.29, 1.82) is 0 Å². The number of ether oxygens (including phenoxy) is 1. The van der Waals surface area contributed by atoms with Crippen molar-refractivity contribution in [3.05, 3.63) is 23.8 Å². The Morgan fingerprint density at radius 3 is 2.85 bits per heavy atom. The van der Waals surface area contributed by atoms with Crippen molar-refractivity contribution in [3.8, 4) is 5.75 Å². The lowest BCUT2D eigenvalue weighted by atomic mass is 10.1. The molecule has 0 saturated carbocycles. The maximum Gasteiger partial charge on any atom is 0.269 e. The third kappa shape index (κ3) is 2.03. The molecule has 1 aromatic carbocycles. The van der Waals surface area contributed by atoms with Gasteiger partial charge in [0.25, 0.3) is 5.91 Å². The Bertz CT molecular complexity index is 328. The Kier molecular flexibility index (Phi) is 2.97. The van der Waals surface area contributed by atoms with E-state index in [0.29, 0.717) is 17.0 Å². The number of hydrogen-bond acceptors (Lipinski definition) is 3. The van der Waals surface area contributed by atoms with Crippen molar-refractivity contribution in [2.24, 2.45) is 0 Å². The minimum atomic E-state index is -0.439. The van der Waals surface area contributed by atoms with E-state index in [4.69, 9.17) is 22.2 Å². The number of methoxy groups -OCH3 is 1. The number of nitrogens with one attached hydrogen (secondary N) is 1. The van der Waals surface area contributed by atoms with Gasteiger partial charge < -0.3 is 10.5 Å². The maximum absolute atomic E-state index is 11.2. The van der Waals surface area contributed by atoms with Crippen molar-refractivity contribution >= 4 is 23.4 Å². The van der Waals surface area contributed by atoms with E-state index in [1.165, 1.54) is 13.2 Å². The van der Waals surface area contributed by atoms with Gasteiger partial charge in [0, 0.05) is 17.5 Å². The first-order valence-electron chi connectivity index (χ1n) is 3.53. The van der Waals surface area contributed by atoms with Gasteiger partial charge >= 0.3 is 0 Å². The Morgan fingerprint density at radius 1 is 1.62 bits per heavy atom. The molecule has 0 saturated heterocycles. The van der Waals surface area contributed by atoms with Crippen LogP contribution in [0.2, 0.25) is 0 Å². The van der Waals surface area contributed by atoms with E-state index in [0.717, 1.165) is 0 Å². The molecule has 13 heavy (non-hydrogen) atoms. The average molecular weight is 201 g/mol. The molecule has 0 aromatic heterocycles. The van der Waals surface area contributed by atoms with Gasteiger partial charge in [-0.15, -0.1) is 0 Å². The van der Waals surface area contributed by atoms with Crippen LogP contribution in [0.15, 0.2) is 18.2 Å². The first-order valence-corrected chi connectivity index (χ1v) is 3.91. The van der Waals surface area contributed by atoms with Crippen LogP contribution >= 0.6 is 11.8 Å². The number of rotatable bonds is 2. The lowest BCUT2D eigenvalue weighted by Crippen LogP contribution is -2.13. The van der Waals surface area contributed by atoms with Gasteiger partial charge in [0.05, 0.1) is 12.7 Å². The summed E-state index contributed by atoms with van der Waals surface area (Å²) in [6, 6.07) is 4.75. The van der Waals surface area contributed by atoms with Gasteiger partial charge in [0.15, 0.2) is 0 Å². The summed E-state index contributed by atoms with van der Waals surface area (Å²) in [5, 5.41) is 0. The first-order chi connectivity index (χ1) is 6.19. The lowest BCUT2D eigenvalue weighted by Gasteiger charge is -2.06. The van der Waals surface area contributed by atoms with Crippen LogP contribution in [0.1, 0.15) is 10.4 Å². The monoisotopic (exact) mass is 200 g/mol. The SMILES string of the molecule is COc1ccc(N)cc1C(=O)NCl. The number of carbonyl (C=O) groups excluding carboxylic acids is 1. The molecule has 3 N–H and O–H groups in total. The van der Waals surface area contributed by atoms with E-state index in [1.807, 2.05) is 4.84 Å². The molecule has 0 heterocycles. The fourth-order valence-corrected chi connectivity index (χ4v) is 1.06. The summed E-state index contributed by atoms with van der Waals surface area (Å²) in [6.45, 7) is 0.